The van der Waals surface area contributed by atoms with Crippen LogP contribution < -0.4 is 0 Å². The van der Waals surface area contributed by atoms with Crippen molar-refractivity contribution in [2.45, 2.75) is 116 Å². The second-order valence-corrected chi connectivity index (χ2v) is 13.6. The van der Waals surface area contributed by atoms with E-state index < -0.39 is 26.0 Å². The quantitative estimate of drug-likeness (QED) is 0.0499. The van der Waals surface area contributed by atoms with Crippen molar-refractivity contribution in [1.29, 1.82) is 0 Å². The molecule has 0 aliphatic rings. The van der Waals surface area contributed by atoms with Crippen LogP contribution in [0.3, 0.4) is 0 Å². The van der Waals surface area contributed by atoms with Gasteiger partial charge in [-0.1, -0.05) is 121 Å². The van der Waals surface area contributed by atoms with Gasteiger partial charge in [-0.2, -0.15) is 0 Å². The van der Waals surface area contributed by atoms with Crippen molar-refractivity contribution >= 4 is 13.8 Å². The molecular weight excluding hydrogens is 541 g/mol. The molecule has 1 aromatic rings. The van der Waals surface area contributed by atoms with Crippen LogP contribution in [0.25, 0.3) is 0 Å². The molecule has 0 saturated heterocycles. The van der Waals surface area contributed by atoms with Gasteiger partial charge in [-0.3, -0.25) is 13.8 Å². The molecule has 41 heavy (non-hydrogen) atoms. The minimum Gasteiger partial charge on any atom is -0.458 e. The van der Waals surface area contributed by atoms with Gasteiger partial charge >= 0.3 is 13.8 Å². The molecule has 3 unspecified atom stereocenters. The fourth-order valence-corrected chi connectivity index (χ4v) is 5.62. The summed E-state index contributed by atoms with van der Waals surface area (Å²) in [4.78, 5) is 22.0. The summed E-state index contributed by atoms with van der Waals surface area (Å²) in [5.41, 5.74) is 0.784. The highest BCUT2D eigenvalue weighted by Gasteiger charge is 2.32. The molecule has 0 aliphatic heterocycles. The maximum Gasteiger partial charge on any atom is 0.473 e. The van der Waals surface area contributed by atoms with E-state index in [-0.39, 0.29) is 13.2 Å². The lowest BCUT2D eigenvalue weighted by Crippen LogP contribution is -2.39. The molecule has 0 aromatic heterocycles. The lowest BCUT2D eigenvalue weighted by Gasteiger charge is -2.30. The number of hydrogen-bond donors (Lipinski definition) is 1. The van der Waals surface area contributed by atoms with Gasteiger partial charge in [0.1, 0.15) is 18.8 Å². The summed E-state index contributed by atoms with van der Waals surface area (Å²) in [6.45, 7) is 4.37. The van der Waals surface area contributed by atoms with Crippen molar-refractivity contribution in [1.82, 2.24) is 0 Å². The molecule has 9 heteroatoms. The Hall–Kier alpha value is -1.28. The van der Waals surface area contributed by atoms with E-state index in [1.807, 2.05) is 51.5 Å². The molecule has 8 nitrogen and oxygen atoms in total. The predicted octanol–water partition coefficient (Wildman–Crippen LogP) is 8.00. The van der Waals surface area contributed by atoms with Gasteiger partial charge in [0.05, 0.1) is 34.4 Å². The molecule has 0 spiro atoms. The molecule has 0 bridgehead atoms. The topological polar surface area (TPSA) is 91.3 Å². The van der Waals surface area contributed by atoms with Crippen molar-refractivity contribution in [3.05, 3.63) is 35.9 Å². The lowest BCUT2D eigenvalue weighted by molar-refractivity contribution is -0.874. The van der Waals surface area contributed by atoms with E-state index >= 15 is 0 Å². The molecule has 0 aliphatic carbocycles. The largest absolute Gasteiger partial charge is 0.473 e. The number of carbonyl (C=O) groups excluding carboxylic acids is 1. The molecule has 0 saturated carbocycles. The van der Waals surface area contributed by atoms with Crippen LogP contribution in [-0.2, 0) is 27.9 Å². The number of nitrogens with zero attached hydrogens (tertiary/aromatic N) is 1. The molecule has 0 heterocycles. The number of benzene rings is 1. The second-order valence-electron chi connectivity index (χ2n) is 12.1. The van der Waals surface area contributed by atoms with Crippen LogP contribution >= 0.6 is 7.82 Å². The zero-order chi connectivity index (χ0) is 30.4. The molecule has 1 aromatic carbocycles. The van der Waals surface area contributed by atoms with Crippen LogP contribution in [0.15, 0.2) is 30.3 Å². The highest BCUT2D eigenvalue weighted by atomic mass is 31.2. The van der Waals surface area contributed by atoms with E-state index in [0.717, 1.165) is 18.4 Å². The maximum atomic E-state index is 12.8. The van der Waals surface area contributed by atoms with Crippen LogP contribution in [0, 0.1) is 0 Å². The molecule has 238 valence electrons. The van der Waals surface area contributed by atoms with E-state index in [0.29, 0.717) is 17.6 Å². The van der Waals surface area contributed by atoms with Gasteiger partial charge in [0, 0.05) is 13.5 Å². The highest BCUT2D eigenvalue weighted by Crippen LogP contribution is 2.48. The highest BCUT2D eigenvalue weighted by molar-refractivity contribution is 7.47. The predicted molar refractivity (Wildman–Crippen MR) is 166 cm³/mol. The minimum atomic E-state index is -4.43. The molecule has 3 atom stereocenters. The van der Waals surface area contributed by atoms with Gasteiger partial charge in [-0.25, -0.2) is 4.57 Å². The third-order valence-electron chi connectivity index (χ3n) is 6.85. The fraction of sp³-hybridized carbons (Fsp3) is 0.781. The molecule has 0 amide bonds. The Bertz CT molecular complexity index is 831. The Kier molecular flexibility index (Phi) is 20.5. The van der Waals surface area contributed by atoms with Crippen molar-refractivity contribution in [2.75, 3.05) is 47.5 Å². The Morgan fingerprint density at radius 1 is 0.829 bits per heavy atom. The number of esters is 1. The summed E-state index contributed by atoms with van der Waals surface area (Å²) in [5, 5.41) is 0. The van der Waals surface area contributed by atoms with Crippen LogP contribution in [-0.4, -0.2) is 69.0 Å². The maximum absolute atomic E-state index is 12.8. The number of phosphoric acid groups is 1. The summed E-state index contributed by atoms with van der Waals surface area (Å²) in [6.07, 6.45) is 16.6. The SMILES string of the molecule is CCCCCCCCCCCCCCCCOCC(COP(=O)(O)OC(C[N+](C)(C)C)c1ccccc1)OC(C)=O. The molecule has 0 radical (unpaired) electrons. The van der Waals surface area contributed by atoms with Gasteiger partial charge in [0.15, 0.2) is 0 Å². The molecular formula is C32H59NO7P+. The van der Waals surface area contributed by atoms with E-state index in [1.165, 1.54) is 84.0 Å². The van der Waals surface area contributed by atoms with Crippen molar-refractivity contribution in [2.24, 2.45) is 0 Å². The summed E-state index contributed by atoms with van der Waals surface area (Å²) in [6, 6.07) is 9.30. The smallest absolute Gasteiger partial charge is 0.458 e. The zero-order valence-electron chi connectivity index (χ0n) is 26.6. The number of quaternary nitrogens is 1. The number of phosphoric ester groups is 1. The average Bonchev–Trinajstić information content (AvgIpc) is 2.90. The van der Waals surface area contributed by atoms with Gasteiger partial charge in [0.25, 0.3) is 0 Å². The monoisotopic (exact) mass is 600 g/mol. The fourth-order valence-electron chi connectivity index (χ4n) is 4.70. The molecule has 0 fully saturated rings. The molecule has 1 N–H and O–H groups in total. The van der Waals surface area contributed by atoms with Crippen molar-refractivity contribution in [3.63, 3.8) is 0 Å². The first-order valence-corrected chi connectivity index (χ1v) is 17.3. The van der Waals surface area contributed by atoms with E-state index in [9.17, 15) is 14.3 Å². The van der Waals surface area contributed by atoms with Crippen LogP contribution in [0.5, 0.6) is 0 Å². The van der Waals surface area contributed by atoms with Crippen LogP contribution in [0.2, 0.25) is 0 Å². The van der Waals surface area contributed by atoms with E-state index in [1.54, 1.807) is 0 Å². The number of rotatable bonds is 26. The first-order valence-electron chi connectivity index (χ1n) is 15.8. The standard InChI is InChI=1S/C32H58NO7P/c1-6-7-8-9-10-11-12-13-14-15-16-17-18-22-25-37-27-31(39-29(2)34)28-38-41(35,36)40-32(26-33(3,4)5)30-23-20-19-21-24-30/h19-21,23-24,31-32H,6-18,22,25-28H2,1-5H3/p+1. The van der Waals surface area contributed by atoms with E-state index in [2.05, 4.69) is 6.92 Å². The molecule has 1 rings (SSSR count). The van der Waals surface area contributed by atoms with Crippen molar-refractivity contribution in [3.8, 4) is 0 Å². The van der Waals surface area contributed by atoms with Crippen LogP contribution in [0.1, 0.15) is 115 Å². The summed E-state index contributed by atoms with van der Waals surface area (Å²) < 4.78 is 35.2. The minimum absolute atomic E-state index is 0.0962. The average molecular weight is 601 g/mol. The summed E-state index contributed by atoms with van der Waals surface area (Å²) in [7, 11) is 1.51. The van der Waals surface area contributed by atoms with Gasteiger partial charge < -0.3 is 18.9 Å². The number of unbranched alkanes of at least 4 members (excludes halogenated alkanes) is 13. The number of hydrogen-bond acceptors (Lipinski definition) is 6. The van der Waals surface area contributed by atoms with Gasteiger partial charge in [-0.15, -0.1) is 0 Å². The summed E-state index contributed by atoms with van der Waals surface area (Å²) in [5.74, 6) is -0.500. The van der Waals surface area contributed by atoms with Gasteiger partial charge in [0.2, 0.25) is 0 Å². The Morgan fingerprint density at radius 2 is 1.34 bits per heavy atom. The van der Waals surface area contributed by atoms with Crippen LogP contribution in [0.4, 0.5) is 0 Å². The third-order valence-corrected chi connectivity index (χ3v) is 7.84. The lowest BCUT2D eigenvalue weighted by atomic mass is 10.0. The zero-order valence-corrected chi connectivity index (χ0v) is 27.5. The number of likely N-dealkylation sites (N-methyl/N-ethyl adjacent to an activating group) is 1. The third kappa shape index (κ3) is 22.0. The van der Waals surface area contributed by atoms with Crippen molar-refractivity contribution < 1.29 is 37.3 Å². The first-order chi connectivity index (χ1) is 19.5. The Morgan fingerprint density at radius 3 is 1.83 bits per heavy atom. The summed E-state index contributed by atoms with van der Waals surface area (Å²) >= 11 is 0. The number of ether oxygens (including phenoxy) is 2. The number of carbonyl (C=O) groups is 1. The van der Waals surface area contributed by atoms with Gasteiger partial charge in [-0.05, 0) is 12.0 Å². The van der Waals surface area contributed by atoms with E-state index in [4.69, 9.17) is 18.5 Å². The first kappa shape index (κ1) is 37.7. The normalized spacial score (nSPS) is 14.9. The second kappa shape index (κ2) is 22.3. The Labute approximate surface area is 250 Å². The Balaban J connectivity index is 2.28.